The summed E-state index contributed by atoms with van der Waals surface area (Å²) in [5.41, 5.74) is 11.7. The van der Waals surface area contributed by atoms with Crippen LogP contribution in [0.4, 0.5) is 39.8 Å². The molecule has 0 aliphatic carbocycles. The number of para-hydroxylation sites is 4. The molecule has 0 N–H and O–H groups in total. The molecule has 0 aromatic heterocycles. The minimum Gasteiger partial charge on any atom is -0.311 e. The quantitative estimate of drug-likeness (QED) is 0.152. The van der Waals surface area contributed by atoms with E-state index in [1.807, 2.05) is 24.3 Å². The summed E-state index contributed by atoms with van der Waals surface area (Å²) in [7, 11) is 0. The highest BCUT2D eigenvalue weighted by Crippen LogP contribution is 2.36. The minimum atomic E-state index is 0.920. The Morgan fingerprint density at radius 2 is 0.638 bits per heavy atom. The van der Waals surface area contributed by atoms with Gasteiger partial charge >= 0.3 is 0 Å². The molecule has 7 aromatic carbocycles. The molecule has 0 bridgehead atoms. The second-order valence-corrected chi connectivity index (χ2v) is 11.4. The largest absolute Gasteiger partial charge is 0.311 e. The van der Waals surface area contributed by atoms with Crippen LogP contribution in [-0.2, 0) is 0 Å². The maximum absolute atomic E-state index is 5.21. The zero-order chi connectivity index (χ0) is 31.8. The summed E-state index contributed by atoms with van der Waals surface area (Å²) in [6.07, 6.45) is 0. The third-order valence-corrected chi connectivity index (χ3v) is 8.13. The second-order valence-electron chi connectivity index (χ2n) is 11.4. The minimum absolute atomic E-state index is 0.920. The number of benzene rings is 7. The van der Waals surface area contributed by atoms with E-state index in [1.54, 1.807) is 0 Å². The Labute approximate surface area is 277 Å². The monoisotopic (exact) mass is 605 g/mol. The SMILES string of the molecule is Cc1ccc(N=C(c2ccc(N(c3ccccc3)c3ccccc3)cc2)c2ccc(N(c3ccccc3)c3ccccc3)cc2)cc1. The van der Waals surface area contributed by atoms with E-state index >= 15 is 0 Å². The van der Waals surface area contributed by atoms with Crippen LogP contribution in [0.1, 0.15) is 16.7 Å². The van der Waals surface area contributed by atoms with E-state index in [-0.39, 0.29) is 0 Å². The van der Waals surface area contributed by atoms with Crippen molar-refractivity contribution in [1.29, 1.82) is 0 Å². The van der Waals surface area contributed by atoms with Gasteiger partial charge in [-0.05, 0) is 91.9 Å². The predicted octanol–water partition coefficient (Wildman–Crippen LogP) is 12.1. The van der Waals surface area contributed by atoms with E-state index in [1.165, 1.54) is 5.56 Å². The standard InChI is InChI=1S/C44H35N3/c1-34-22-28-37(29-23-34)45-44(35-24-30-42(31-25-35)46(38-14-6-2-7-15-38)39-16-8-3-9-17-39)36-26-32-43(33-27-36)47(40-18-10-4-11-19-40)41-20-12-5-13-21-41/h2-33H,1H3. The highest BCUT2D eigenvalue weighted by atomic mass is 15.1. The lowest BCUT2D eigenvalue weighted by molar-refractivity contribution is 1.28. The average Bonchev–Trinajstić information content (AvgIpc) is 3.14. The molecule has 0 aliphatic heterocycles. The molecule has 0 atom stereocenters. The first-order valence-electron chi connectivity index (χ1n) is 15.9. The Hall–Kier alpha value is -6.19. The van der Waals surface area contributed by atoms with E-state index in [0.717, 1.165) is 56.7 Å². The summed E-state index contributed by atoms with van der Waals surface area (Å²) in [5, 5.41) is 0. The van der Waals surface area contributed by atoms with Crippen molar-refractivity contribution < 1.29 is 0 Å². The number of aryl methyl sites for hydroxylation is 1. The Bertz CT molecular complexity index is 1830. The molecular formula is C44H35N3. The van der Waals surface area contributed by atoms with E-state index in [2.05, 4.69) is 187 Å². The van der Waals surface area contributed by atoms with Crippen molar-refractivity contribution in [3.63, 3.8) is 0 Å². The Kier molecular flexibility index (Phi) is 8.70. The van der Waals surface area contributed by atoms with E-state index in [9.17, 15) is 0 Å². The molecule has 7 rings (SSSR count). The van der Waals surface area contributed by atoms with Gasteiger partial charge in [0.25, 0.3) is 0 Å². The smallest absolute Gasteiger partial charge is 0.0781 e. The van der Waals surface area contributed by atoms with Crippen LogP contribution in [-0.4, -0.2) is 5.71 Å². The van der Waals surface area contributed by atoms with Gasteiger partial charge in [-0.2, -0.15) is 0 Å². The highest BCUT2D eigenvalue weighted by molar-refractivity contribution is 6.14. The van der Waals surface area contributed by atoms with Crippen LogP contribution in [0.15, 0.2) is 199 Å². The van der Waals surface area contributed by atoms with Crippen LogP contribution < -0.4 is 9.80 Å². The number of aliphatic imine (C=N–C) groups is 1. The van der Waals surface area contributed by atoms with Gasteiger partial charge in [0.1, 0.15) is 0 Å². The van der Waals surface area contributed by atoms with Crippen molar-refractivity contribution in [2.75, 3.05) is 9.80 Å². The Balaban J connectivity index is 1.28. The first-order valence-corrected chi connectivity index (χ1v) is 15.9. The molecule has 0 saturated carbocycles. The van der Waals surface area contributed by atoms with Crippen molar-refractivity contribution in [3.05, 3.63) is 211 Å². The molecule has 0 fully saturated rings. The average molecular weight is 606 g/mol. The first kappa shape index (κ1) is 29.5. The van der Waals surface area contributed by atoms with Crippen LogP contribution in [0, 0.1) is 6.92 Å². The normalized spacial score (nSPS) is 10.7. The molecule has 0 heterocycles. The number of nitrogens with zero attached hydrogens (tertiary/aromatic N) is 3. The Morgan fingerprint density at radius 1 is 0.340 bits per heavy atom. The molecule has 226 valence electrons. The number of hydrogen-bond acceptors (Lipinski definition) is 3. The van der Waals surface area contributed by atoms with Crippen LogP contribution in [0.25, 0.3) is 0 Å². The molecule has 0 radical (unpaired) electrons. The fourth-order valence-electron chi connectivity index (χ4n) is 5.78. The van der Waals surface area contributed by atoms with Crippen molar-refractivity contribution in [3.8, 4) is 0 Å². The highest BCUT2D eigenvalue weighted by Gasteiger charge is 2.16. The summed E-state index contributed by atoms with van der Waals surface area (Å²) in [5.74, 6) is 0. The summed E-state index contributed by atoms with van der Waals surface area (Å²) < 4.78 is 0. The van der Waals surface area contributed by atoms with Crippen LogP contribution in [0.3, 0.4) is 0 Å². The predicted molar refractivity (Wildman–Crippen MR) is 199 cm³/mol. The van der Waals surface area contributed by atoms with Gasteiger partial charge in [-0.15, -0.1) is 0 Å². The fraction of sp³-hybridized carbons (Fsp3) is 0.0227. The molecular weight excluding hydrogens is 571 g/mol. The number of anilines is 6. The molecule has 0 amide bonds. The molecule has 3 heteroatoms. The van der Waals surface area contributed by atoms with Crippen molar-refractivity contribution >= 4 is 45.5 Å². The molecule has 7 aromatic rings. The maximum Gasteiger partial charge on any atom is 0.0781 e. The van der Waals surface area contributed by atoms with E-state index in [0.29, 0.717) is 0 Å². The van der Waals surface area contributed by atoms with Crippen molar-refractivity contribution in [2.24, 2.45) is 4.99 Å². The molecule has 47 heavy (non-hydrogen) atoms. The van der Waals surface area contributed by atoms with Gasteiger partial charge < -0.3 is 9.80 Å². The van der Waals surface area contributed by atoms with Gasteiger partial charge in [0.15, 0.2) is 0 Å². The molecule has 0 saturated heterocycles. The van der Waals surface area contributed by atoms with Crippen molar-refractivity contribution in [1.82, 2.24) is 0 Å². The van der Waals surface area contributed by atoms with E-state index < -0.39 is 0 Å². The van der Waals surface area contributed by atoms with Gasteiger partial charge in [-0.3, -0.25) is 0 Å². The van der Waals surface area contributed by atoms with Crippen molar-refractivity contribution in [2.45, 2.75) is 6.92 Å². The van der Waals surface area contributed by atoms with Crippen LogP contribution in [0.2, 0.25) is 0 Å². The lowest BCUT2D eigenvalue weighted by atomic mass is 10.0. The van der Waals surface area contributed by atoms with Crippen LogP contribution in [0.5, 0.6) is 0 Å². The molecule has 0 aliphatic rings. The molecule has 0 spiro atoms. The third-order valence-electron chi connectivity index (χ3n) is 8.13. The van der Waals surface area contributed by atoms with Gasteiger partial charge in [-0.1, -0.05) is 115 Å². The summed E-state index contributed by atoms with van der Waals surface area (Å²) in [6.45, 7) is 2.10. The molecule has 3 nitrogen and oxygen atoms in total. The van der Waals surface area contributed by atoms with Crippen LogP contribution >= 0.6 is 0 Å². The number of hydrogen-bond donors (Lipinski definition) is 0. The third kappa shape index (κ3) is 6.75. The summed E-state index contributed by atoms with van der Waals surface area (Å²) >= 11 is 0. The zero-order valence-corrected chi connectivity index (χ0v) is 26.3. The summed E-state index contributed by atoms with van der Waals surface area (Å²) in [4.78, 5) is 9.76. The summed E-state index contributed by atoms with van der Waals surface area (Å²) in [6, 6.07) is 67.7. The lowest BCUT2D eigenvalue weighted by Gasteiger charge is -2.26. The van der Waals surface area contributed by atoms with Gasteiger partial charge in [0.2, 0.25) is 0 Å². The first-order chi connectivity index (χ1) is 23.2. The lowest BCUT2D eigenvalue weighted by Crippen LogP contribution is -2.11. The second kappa shape index (κ2) is 13.8. The van der Waals surface area contributed by atoms with Gasteiger partial charge in [0, 0.05) is 45.3 Å². The van der Waals surface area contributed by atoms with Gasteiger partial charge in [0.05, 0.1) is 11.4 Å². The Morgan fingerprint density at radius 3 is 0.957 bits per heavy atom. The van der Waals surface area contributed by atoms with E-state index in [4.69, 9.17) is 4.99 Å². The topological polar surface area (TPSA) is 18.8 Å². The maximum atomic E-state index is 5.21. The van der Waals surface area contributed by atoms with Gasteiger partial charge in [-0.25, -0.2) is 4.99 Å². The zero-order valence-electron chi connectivity index (χ0n) is 26.3. The number of rotatable bonds is 9. The fourth-order valence-corrected chi connectivity index (χ4v) is 5.78. The molecule has 0 unspecified atom stereocenters.